The van der Waals surface area contributed by atoms with Crippen molar-refractivity contribution < 1.29 is 37.4 Å². The number of hydrogen-bond acceptors (Lipinski definition) is 4. The normalized spacial score (nSPS) is 38.6. The number of allylic oxidation sites excluding steroid dienone is 1. The Morgan fingerprint density at radius 1 is 0.907 bits per heavy atom. The fraction of sp³-hybridized carbons (Fsp3) is 0.756. The number of hydrogen-bond donors (Lipinski definition) is 2. The Morgan fingerprint density at radius 2 is 1.61 bits per heavy atom. The van der Waals surface area contributed by atoms with Crippen molar-refractivity contribution in [2.45, 2.75) is 151 Å². The van der Waals surface area contributed by atoms with Gasteiger partial charge in [0.25, 0.3) is 0 Å². The van der Waals surface area contributed by atoms with Gasteiger partial charge in [-0.15, -0.1) is 0 Å². The van der Waals surface area contributed by atoms with Gasteiger partial charge < -0.3 is 15.2 Å². The minimum absolute atomic E-state index is 0.0645. The second kappa shape index (κ2) is 13.7. The Hall–Kier alpha value is -2.84. The van der Waals surface area contributed by atoms with Gasteiger partial charge in [0.05, 0.1) is 17.4 Å². The molecule has 0 radical (unpaired) electrons. The van der Waals surface area contributed by atoms with E-state index < -0.39 is 29.1 Å². The van der Waals surface area contributed by atoms with E-state index in [4.69, 9.17) is 4.74 Å². The molecule has 0 aromatic heterocycles. The summed E-state index contributed by atoms with van der Waals surface area (Å²) in [5.74, 6) is 0.455. The number of fused-ring (bicyclic) bond motifs is 7. The minimum atomic E-state index is -4.43. The molecule has 5 fully saturated rings. The number of ether oxygens (including phenoxy) is 1. The van der Waals surface area contributed by atoms with Crippen molar-refractivity contribution in [3.63, 3.8) is 0 Å². The van der Waals surface area contributed by atoms with Crippen LogP contribution in [0.15, 0.2) is 36.4 Å². The molecule has 300 valence electrons. The van der Waals surface area contributed by atoms with E-state index in [0.29, 0.717) is 41.6 Å². The van der Waals surface area contributed by atoms with E-state index in [9.17, 15) is 32.7 Å². The molecule has 6 rings (SSSR count). The van der Waals surface area contributed by atoms with Crippen LogP contribution < -0.4 is 5.32 Å². The molecule has 5 aliphatic carbocycles. The summed E-state index contributed by atoms with van der Waals surface area (Å²) in [5, 5.41) is 12.6. The van der Waals surface area contributed by atoms with Crippen molar-refractivity contribution in [2.75, 3.05) is 0 Å². The molecule has 6 nitrogen and oxygen atoms in total. The Morgan fingerprint density at radius 3 is 2.26 bits per heavy atom. The fourth-order valence-electron chi connectivity index (χ4n) is 13.9. The number of amides is 1. The standard InChI is InChI=1S/C45H64F3NO5/c1-27(2)30-15-20-44(24-35(50)49-26-28-11-10-12-29(23-28)45(46,47)48)22-21-42(8)31(37(30)44)13-14-33-41(7)18-17-34(54-36(51)25-39(3,4)38(52)53)40(5,6)32(41)16-19-43(33,42)9/h10-12,23,30-34,37H,1,13-22,24-26H2,2-9H3,(H,49,50)(H,52,53)/t30-,31+,32-,33+,34-,37+,41-,42+,43+,44+/m0/s1. The third-order valence-corrected chi connectivity index (χ3v) is 16.9. The molecule has 1 amide bonds. The average Bonchev–Trinajstić information content (AvgIpc) is 3.44. The second-order valence-corrected chi connectivity index (χ2v) is 20.4. The molecule has 1 aromatic rings. The second-order valence-electron chi connectivity index (χ2n) is 20.4. The first-order valence-corrected chi connectivity index (χ1v) is 20.4. The molecule has 54 heavy (non-hydrogen) atoms. The zero-order valence-electron chi connectivity index (χ0n) is 33.9. The number of carbonyl (C=O) groups excluding carboxylic acids is 2. The predicted molar refractivity (Wildman–Crippen MR) is 203 cm³/mol. The molecule has 0 aliphatic heterocycles. The number of carbonyl (C=O) groups is 3. The van der Waals surface area contributed by atoms with Gasteiger partial charge in [-0.1, -0.05) is 58.9 Å². The highest BCUT2D eigenvalue weighted by Crippen LogP contribution is 2.78. The molecule has 0 bridgehead atoms. The monoisotopic (exact) mass is 755 g/mol. The Kier molecular flexibility index (Phi) is 10.3. The highest BCUT2D eigenvalue weighted by molar-refractivity contribution is 5.81. The lowest BCUT2D eigenvalue weighted by Gasteiger charge is -2.73. The zero-order valence-corrected chi connectivity index (χ0v) is 33.9. The number of carboxylic acids is 1. The smallest absolute Gasteiger partial charge is 0.416 e. The first-order valence-electron chi connectivity index (χ1n) is 20.4. The summed E-state index contributed by atoms with van der Waals surface area (Å²) in [6.45, 7) is 22.0. The van der Waals surface area contributed by atoms with Gasteiger partial charge in [-0.05, 0) is 154 Å². The van der Waals surface area contributed by atoms with E-state index >= 15 is 0 Å². The van der Waals surface area contributed by atoms with Crippen molar-refractivity contribution in [3.8, 4) is 0 Å². The van der Waals surface area contributed by atoms with Crippen LogP contribution in [0.25, 0.3) is 0 Å². The molecule has 5 saturated carbocycles. The van der Waals surface area contributed by atoms with Gasteiger partial charge >= 0.3 is 18.1 Å². The summed E-state index contributed by atoms with van der Waals surface area (Å²) in [7, 11) is 0. The van der Waals surface area contributed by atoms with E-state index in [1.165, 1.54) is 11.6 Å². The van der Waals surface area contributed by atoms with Crippen molar-refractivity contribution in [3.05, 3.63) is 47.5 Å². The van der Waals surface area contributed by atoms with Crippen LogP contribution >= 0.6 is 0 Å². The third kappa shape index (κ3) is 6.63. The Labute approximate surface area is 320 Å². The largest absolute Gasteiger partial charge is 0.481 e. The van der Waals surface area contributed by atoms with E-state index in [0.717, 1.165) is 76.3 Å². The van der Waals surface area contributed by atoms with Crippen LogP contribution in [0.1, 0.15) is 144 Å². The topological polar surface area (TPSA) is 92.7 Å². The van der Waals surface area contributed by atoms with Gasteiger partial charge in [0, 0.05) is 18.4 Å². The molecule has 0 saturated heterocycles. The maximum absolute atomic E-state index is 13.8. The number of esters is 1. The van der Waals surface area contributed by atoms with Crippen LogP contribution in [0.5, 0.6) is 0 Å². The molecule has 0 heterocycles. The van der Waals surface area contributed by atoms with E-state index in [2.05, 4.69) is 53.4 Å². The Bertz CT molecular complexity index is 1670. The van der Waals surface area contributed by atoms with Gasteiger partial charge in [0.2, 0.25) is 5.91 Å². The summed E-state index contributed by atoms with van der Waals surface area (Å²) in [6.07, 6.45) is 5.66. The number of halogens is 3. The number of rotatable bonds is 9. The molecule has 0 unspecified atom stereocenters. The first kappa shape index (κ1) is 40.8. The molecular weight excluding hydrogens is 691 g/mol. The van der Waals surface area contributed by atoms with Crippen LogP contribution in [-0.2, 0) is 31.8 Å². The quantitative estimate of drug-likeness (QED) is 0.193. The van der Waals surface area contributed by atoms with E-state index in [1.807, 2.05) is 0 Å². The molecular formula is C45H64F3NO5. The lowest BCUT2D eigenvalue weighted by Crippen LogP contribution is -2.67. The van der Waals surface area contributed by atoms with Crippen molar-refractivity contribution >= 4 is 17.8 Å². The molecule has 2 N–H and O–H groups in total. The van der Waals surface area contributed by atoms with Gasteiger partial charge in [-0.2, -0.15) is 13.2 Å². The van der Waals surface area contributed by atoms with Gasteiger partial charge in [-0.3, -0.25) is 14.4 Å². The lowest BCUT2D eigenvalue weighted by atomic mass is 9.32. The number of carboxylic acid groups (broad SMARTS) is 1. The maximum atomic E-state index is 13.8. The molecule has 10 atom stereocenters. The average molecular weight is 756 g/mol. The minimum Gasteiger partial charge on any atom is -0.481 e. The SMILES string of the molecule is C=C(C)[C@@H]1CC[C@]2(CC(=O)NCc3cccc(C(F)(F)F)c3)CC[C@]3(C)[C@H](CC[C@@H]4[C@@]5(C)CC[C@H](OC(=O)CC(C)(C)C(=O)O)C(C)(C)[C@@H]5CC[C@]43C)[C@@H]12. The number of benzene rings is 1. The van der Waals surface area contributed by atoms with Crippen molar-refractivity contribution in [1.82, 2.24) is 5.32 Å². The van der Waals surface area contributed by atoms with Crippen molar-refractivity contribution in [2.24, 2.45) is 62.1 Å². The van der Waals surface area contributed by atoms with Crippen LogP contribution in [0.3, 0.4) is 0 Å². The zero-order chi connectivity index (χ0) is 39.9. The molecule has 1 aromatic carbocycles. The fourth-order valence-corrected chi connectivity index (χ4v) is 13.9. The van der Waals surface area contributed by atoms with Crippen LogP contribution in [0, 0.1) is 62.1 Å². The van der Waals surface area contributed by atoms with E-state index in [-0.39, 0.29) is 52.1 Å². The highest BCUT2D eigenvalue weighted by Gasteiger charge is 2.71. The van der Waals surface area contributed by atoms with Crippen LogP contribution in [-0.4, -0.2) is 29.1 Å². The van der Waals surface area contributed by atoms with E-state index in [1.54, 1.807) is 19.9 Å². The summed E-state index contributed by atoms with van der Waals surface area (Å²) in [4.78, 5) is 38.6. The van der Waals surface area contributed by atoms with Crippen LogP contribution in [0.4, 0.5) is 13.2 Å². The van der Waals surface area contributed by atoms with Gasteiger partial charge in [-0.25, -0.2) is 0 Å². The number of nitrogens with one attached hydrogen (secondary N) is 1. The maximum Gasteiger partial charge on any atom is 0.416 e. The van der Waals surface area contributed by atoms with Gasteiger partial charge in [0.15, 0.2) is 0 Å². The molecule has 5 aliphatic rings. The lowest BCUT2D eigenvalue weighted by molar-refractivity contribution is -0.250. The van der Waals surface area contributed by atoms with Gasteiger partial charge in [0.1, 0.15) is 6.10 Å². The Balaban J connectivity index is 1.21. The first-order chi connectivity index (χ1) is 24.9. The van der Waals surface area contributed by atoms with Crippen LogP contribution in [0.2, 0.25) is 0 Å². The number of alkyl halides is 3. The number of aliphatic carboxylic acids is 1. The summed E-state index contributed by atoms with van der Waals surface area (Å²) < 4.78 is 46.2. The molecule has 0 spiro atoms. The highest BCUT2D eigenvalue weighted by atomic mass is 19.4. The van der Waals surface area contributed by atoms with Crippen molar-refractivity contribution in [1.29, 1.82) is 0 Å². The predicted octanol–water partition coefficient (Wildman–Crippen LogP) is 10.8. The third-order valence-electron chi connectivity index (χ3n) is 16.9. The molecule has 9 heteroatoms. The summed E-state index contributed by atoms with van der Waals surface area (Å²) >= 11 is 0. The summed E-state index contributed by atoms with van der Waals surface area (Å²) in [5.41, 5.74) is -0.432. The summed E-state index contributed by atoms with van der Waals surface area (Å²) in [6, 6.07) is 5.21.